The monoisotopic (exact) mass is 562 g/mol. The Morgan fingerprint density at radius 2 is 1.79 bits per heavy atom. The van der Waals surface area contributed by atoms with Gasteiger partial charge >= 0.3 is 0 Å². The molecule has 1 atom stereocenters. The van der Waals surface area contributed by atoms with Gasteiger partial charge in [0.1, 0.15) is 41.7 Å². The van der Waals surface area contributed by atoms with Gasteiger partial charge < -0.3 is 20.1 Å². The van der Waals surface area contributed by atoms with Crippen LogP contribution in [0.5, 0.6) is 17.2 Å². The van der Waals surface area contributed by atoms with E-state index in [0.717, 1.165) is 42.7 Å². The molecule has 0 bridgehead atoms. The molecule has 1 fully saturated rings. The Morgan fingerprint density at radius 1 is 0.976 bits per heavy atom. The molecule has 0 radical (unpaired) electrons. The molecule has 3 aromatic carbocycles. The summed E-state index contributed by atoms with van der Waals surface area (Å²) < 4.78 is 14.0. The van der Waals surface area contributed by atoms with Gasteiger partial charge in [0.05, 0.1) is 11.4 Å². The molecule has 1 amide bonds. The van der Waals surface area contributed by atoms with Crippen molar-refractivity contribution in [2.24, 2.45) is 0 Å². The van der Waals surface area contributed by atoms with Crippen LogP contribution in [0, 0.1) is 0 Å². The average molecular weight is 563 g/mol. The predicted octanol–water partition coefficient (Wildman–Crippen LogP) is 6.41. The predicted molar refractivity (Wildman–Crippen MR) is 162 cm³/mol. The van der Waals surface area contributed by atoms with Gasteiger partial charge in [-0.15, -0.1) is 0 Å². The highest BCUT2D eigenvalue weighted by Crippen LogP contribution is 2.35. The maximum Gasteiger partial charge on any atom is 0.222 e. The Hall–Kier alpha value is -4.92. The smallest absolute Gasteiger partial charge is 0.222 e. The lowest BCUT2D eigenvalue weighted by Crippen LogP contribution is -2.40. The number of hydrogen-bond acceptors (Lipinski definition) is 7. The Bertz CT molecular complexity index is 1670. The number of rotatable bonds is 9. The number of benzene rings is 3. The van der Waals surface area contributed by atoms with Crippen molar-refractivity contribution in [3.05, 3.63) is 90.8 Å². The molecule has 2 N–H and O–H groups in total. The van der Waals surface area contributed by atoms with E-state index in [-0.39, 0.29) is 11.9 Å². The molecule has 2 aromatic heterocycles. The van der Waals surface area contributed by atoms with Crippen LogP contribution in [-0.2, 0) is 11.4 Å². The minimum absolute atomic E-state index is 0.0177. The summed E-state index contributed by atoms with van der Waals surface area (Å²) in [7, 11) is 0. The van der Waals surface area contributed by atoms with Gasteiger partial charge in [-0.2, -0.15) is 5.10 Å². The fraction of sp³-hybridized carbons (Fsp3) is 0.273. The summed E-state index contributed by atoms with van der Waals surface area (Å²) >= 11 is 0. The minimum Gasteiger partial charge on any atom is -0.489 e. The van der Waals surface area contributed by atoms with Gasteiger partial charge in [-0.3, -0.25) is 4.79 Å². The number of likely N-dealkylation sites (tertiary alicyclic amines) is 1. The van der Waals surface area contributed by atoms with E-state index in [9.17, 15) is 4.79 Å². The molecule has 5 aromatic rings. The first kappa shape index (κ1) is 27.3. The number of anilines is 1. The van der Waals surface area contributed by atoms with E-state index in [1.807, 2.05) is 95.4 Å². The van der Waals surface area contributed by atoms with Gasteiger partial charge in [-0.25, -0.2) is 14.6 Å². The molecule has 3 heterocycles. The van der Waals surface area contributed by atoms with Crippen LogP contribution in [0.25, 0.3) is 22.3 Å². The molecule has 6 rings (SSSR count). The van der Waals surface area contributed by atoms with Gasteiger partial charge in [-0.1, -0.05) is 43.3 Å². The zero-order valence-corrected chi connectivity index (χ0v) is 23.6. The lowest BCUT2D eigenvalue weighted by Gasteiger charge is -2.33. The summed E-state index contributed by atoms with van der Waals surface area (Å²) in [6.07, 6.45) is 4.70. The largest absolute Gasteiger partial charge is 0.489 e. The number of hydrogen-bond donors (Lipinski definition) is 1. The van der Waals surface area contributed by atoms with E-state index >= 15 is 0 Å². The quantitative estimate of drug-likeness (QED) is 0.221. The average Bonchev–Trinajstić information content (AvgIpc) is 3.42. The van der Waals surface area contributed by atoms with Crippen LogP contribution in [0.2, 0.25) is 0 Å². The van der Waals surface area contributed by atoms with Crippen LogP contribution in [0.4, 0.5) is 5.82 Å². The lowest BCUT2D eigenvalue weighted by atomic mass is 10.1. The Balaban J connectivity index is 1.21. The fourth-order valence-electron chi connectivity index (χ4n) is 5.39. The van der Waals surface area contributed by atoms with Crippen LogP contribution < -0.4 is 15.2 Å². The number of piperidine rings is 1. The van der Waals surface area contributed by atoms with Gasteiger partial charge in [0, 0.05) is 31.1 Å². The molecular weight excluding hydrogens is 528 g/mol. The van der Waals surface area contributed by atoms with Gasteiger partial charge in [0.2, 0.25) is 5.91 Å². The highest BCUT2D eigenvalue weighted by molar-refractivity contribution is 5.98. The highest BCUT2D eigenvalue weighted by atomic mass is 16.5. The summed E-state index contributed by atoms with van der Waals surface area (Å²) in [5, 5.41) is 5.71. The van der Waals surface area contributed by atoms with Crippen LogP contribution in [0.1, 0.15) is 44.2 Å². The SMILES string of the molecule is CCCC(=O)N1CCC[C@@H](n2nc(-c3ccc(Oc4cccc(OCc5ccccc5)c4)cc3)c3c(N)ncnc32)C1. The first-order valence-corrected chi connectivity index (χ1v) is 14.4. The minimum atomic E-state index is 0.0177. The number of fused-ring (bicyclic) bond motifs is 1. The first-order chi connectivity index (χ1) is 20.6. The zero-order chi connectivity index (χ0) is 28.9. The van der Waals surface area contributed by atoms with Crippen molar-refractivity contribution >= 4 is 22.8 Å². The Morgan fingerprint density at radius 3 is 2.60 bits per heavy atom. The van der Waals surface area contributed by atoms with Crippen LogP contribution in [0.3, 0.4) is 0 Å². The number of nitrogens with two attached hydrogens (primary N) is 1. The molecule has 0 aliphatic carbocycles. The summed E-state index contributed by atoms with van der Waals surface area (Å²) in [5.74, 6) is 2.67. The standard InChI is InChI=1S/C33H34N6O3/c1-2-8-29(40)38-18-7-11-25(20-38)39-33-30(32(34)35-22-36-33)31(37-39)24-14-16-26(17-15-24)42-28-13-6-12-27(19-28)41-21-23-9-4-3-5-10-23/h3-6,9-10,12-17,19,22,25H,2,7-8,11,18,20-21H2,1H3,(H2,34,35,36)/t25-/m1/s1. The second-order valence-electron chi connectivity index (χ2n) is 10.5. The van der Waals surface area contributed by atoms with Gasteiger partial charge in [0.15, 0.2) is 5.65 Å². The van der Waals surface area contributed by atoms with Gasteiger partial charge in [-0.05, 0) is 61.2 Å². The van der Waals surface area contributed by atoms with Crippen molar-refractivity contribution in [2.45, 2.75) is 45.3 Å². The molecule has 0 unspecified atom stereocenters. The Labute approximate surface area is 244 Å². The number of carbonyl (C=O) groups excluding carboxylic acids is 1. The van der Waals surface area contributed by atoms with E-state index in [4.69, 9.17) is 20.3 Å². The van der Waals surface area contributed by atoms with Crippen LogP contribution in [-0.4, -0.2) is 43.6 Å². The third kappa shape index (κ3) is 5.90. The van der Waals surface area contributed by atoms with E-state index in [1.165, 1.54) is 6.33 Å². The van der Waals surface area contributed by atoms with Crippen LogP contribution in [0.15, 0.2) is 85.2 Å². The molecule has 9 nitrogen and oxygen atoms in total. The maximum atomic E-state index is 12.6. The summed E-state index contributed by atoms with van der Waals surface area (Å²) in [5.41, 5.74) is 9.73. The van der Waals surface area contributed by atoms with Crippen LogP contribution >= 0.6 is 0 Å². The number of nitrogens with zero attached hydrogens (tertiary/aromatic N) is 5. The topological polar surface area (TPSA) is 108 Å². The van der Waals surface area contributed by atoms with Crippen molar-refractivity contribution < 1.29 is 14.3 Å². The molecular formula is C33H34N6O3. The third-order valence-electron chi connectivity index (χ3n) is 7.49. The van der Waals surface area contributed by atoms with E-state index in [1.54, 1.807) is 0 Å². The van der Waals surface area contributed by atoms with Crippen molar-refractivity contribution in [1.82, 2.24) is 24.6 Å². The van der Waals surface area contributed by atoms with E-state index < -0.39 is 0 Å². The number of nitrogen functional groups attached to an aromatic ring is 1. The van der Waals surface area contributed by atoms with E-state index in [2.05, 4.69) is 9.97 Å². The molecule has 1 aliphatic heterocycles. The maximum absolute atomic E-state index is 12.6. The normalized spacial score (nSPS) is 15.1. The molecule has 1 aliphatic rings. The molecule has 0 spiro atoms. The number of carbonyl (C=O) groups is 1. The van der Waals surface area contributed by atoms with Crippen molar-refractivity contribution in [3.63, 3.8) is 0 Å². The molecule has 9 heteroatoms. The molecule has 1 saturated heterocycles. The van der Waals surface area contributed by atoms with Crippen molar-refractivity contribution in [1.29, 1.82) is 0 Å². The van der Waals surface area contributed by atoms with Crippen molar-refractivity contribution in [2.75, 3.05) is 18.8 Å². The summed E-state index contributed by atoms with van der Waals surface area (Å²) in [4.78, 5) is 23.4. The Kier molecular flexibility index (Phi) is 7.98. The fourth-order valence-corrected chi connectivity index (χ4v) is 5.39. The summed E-state index contributed by atoms with van der Waals surface area (Å²) in [6, 6.07) is 25.4. The number of ether oxygens (including phenoxy) is 2. The molecule has 42 heavy (non-hydrogen) atoms. The van der Waals surface area contributed by atoms with Crippen molar-refractivity contribution in [3.8, 4) is 28.5 Å². The second kappa shape index (κ2) is 12.3. The van der Waals surface area contributed by atoms with E-state index in [0.29, 0.717) is 53.6 Å². The third-order valence-corrected chi connectivity index (χ3v) is 7.49. The highest BCUT2D eigenvalue weighted by Gasteiger charge is 2.28. The second-order valence-corrected chi connectivity index (χ2v) is 10.5. The number of amides is 1. The lowest BCUT2D eigenvalue weighted by molar-refractivity contribution is -0.132. The summed E-state index contributed by atoms with van der Waals surface area (Å²) in [6.45, 7) is 3.91. The van der Waals surface area contributed by atoms with Gasteiger partial charge in [0.25, 0.3) is 0 Å². The zero-order valence-electron chi connectivity index (χ0n) is 23.6. The first-order valence-electron chi connectivity index (χ1n) is 14.4. The molecule has 0 saturated carbocycles. The number of aromatic nitrogens is 4. The molecule has 214 valence electrons.